The maximum Gasteiger partial charge on any atom is 0.408 e. The predicted molar refractivity (Wildman–Crippen MR) is 127 cm³/mol. The number of rotatable bonds is 8. The lowest BCUT2D eigenvalue weighted by Gasteiger charge is -2.28. The van der Waals surface area contributed by atoms with E-state index in [9.17, 15) is 14.0 Å². The maximum absolute atomic E-state index is 13.8. The van der Waals surface area contributed by atoms with E-state index in [0.717, 1.165) is 5.56 Å². The molecule has 0 aliphatic rings. The molecule has 0 radical (unpaired) electrons. The van der Waals surface area contributed by atoms with Crippen molar-refractivity contribution in [3.63, 3.8) is 0 Å². The molecule has 0 unspecified atom stereocenters. The number of hydrogen-bond acceptors (Lipinski definition) is 6. The lowest BCUT2D eigenvalue weighted by atomic mass is 10.0. The first kappa shape index (κ1) is 27.2. The highest BCUT2D eigenvalue weighted by Gasteiger charge is 2.31. The highest BCUT2D eigenvalue weighted by atomic mass is 35.5. The molecule has 186 valence electrons. The molecule has 1 N–H and O–H groups in total. The molecule has 0 saturated carbocycles. The van der Waals surface area contributed by atoms with Crippen LogP contribution in [0.5, 0.6) is 11.5 Å². The van der Waals surface area contributed by atoms with Crippen LogP contribution in [0.1, 0.15) is 51.8 Å². The number of alkyl carbamates (subject to hydrolysis) is 1. The van der Waals surface area contributed by atoms with Crippen LogP contribution in [0, 0.1) is 12.7 Å². The number of nitrogens with one attached hydrogen (secondary N) is 1. The number of aryl methyl sites for hydroxylation is 1. The maximum atomic E-state index is 13.8. The van der Waals surface area contributed by atoms with Crippen LogP contribution < -0.4 is 14.8 Å². The van der Waals surface area contributed by atoms with Crippen molar-refractivity contribution >= 4 is 23.7 Å². The lowest BCUT2D eigenvalue weighted by molar-refractivity contribution is -0.155. The van der Waals surface area contributed by atoms with E-state index in [1.54, 1.807) is 39.8 Å². The third-order valence-corrected chi connectivity index (χ3v) is 4.95. The Labute approximate surface area is 204 Å². The number of methoxy groups -OCH3 is 1. The van der Waals surface area contributed by atoms with Crippen molar-refractivity contribution in [2.45, 2.75) is 65.4 Å². The van der Waals surface area contributed by atoms with Gasteiger partial charge in [-0.2, -0.15) is 0 Å². The monoisotopic (exact) mass is 495 g/mol. The molecule has 1 amide bonds. The standard InChI is InChI=1S/C25H31ClFNO6/c1-14-8-11-20(19(26)12-14)33-22(18-10-9-17(27)13-21(18)31-7)16(3)32-23(29)15(2)28-24(30)34-25(4,5)6/h8-13,15-16,22H,1-7H3,(H,28,30)/t15-,16-,22-/m0/s1. The smallest absolute Gasteiger partial charge is 0.408 e. The van der Waals surface area contributed by atoms with Crippen molar-refractivity contribution in [1.29, 1.82) is 0 Å². The number of carbonyl (C=O) groups is 2. The van der Waals surface area contributed by atoms with E-state index in [-0.39, 0.29) is 5.75 Å². The molecule has 0 heterocycles. The molecular formula is C25H31ClFNO6. The number of hydrogen-bond donors (Lipinski definition) is 1. The van der Waals surface area contributed by atoms with Crippen LogP contribution in [0.25, 0.3) is 0 Å². The van der Waals surface area contributed by atoms with Crippen molar-refractivity contribution < 1.29 is 32.9 Å². The van der Waals surface area contributed by atoms with Gasteiger partial charge < -0.3 is 24.3 Å². The zero-order chi connectivity index (χ0) is 25.6. The Morgan fingerprint density at radius 3 is 2.32 bits per heavy atom. The van der Waals surface area contributed by atoms with E-state index < -0.39 is 41.7 Å². The first-order valence-electron chi connectivity index (χ1n) is 10.8. The molecule has 0 aliphatic carbocycles. The minimum Gasteiger partial charge on any atom is -0.496 e. The second-order valence-electron chi connectivity index (χ2n) is 8.87. The molecular weight excluding hydrogens is 465 g/mol. The fraction of sp³-hybridized carbons (Fsp3) is 0.440. The molecule has 0 spiro atoms. The Morgan fingerprint density at radius 2 is 1.74 bits per heavy atom. The summed E-state index contributed by atoms with van der Waals surface area (Å²) in [5.74, 6) is -0.627. The fourth-order valence-corrected chi connectivity index (χ4v) is 3.34. The second-order valence-corrected chi connectivity index (χ2v) is 9.28. The van der Waals surface area contributed by atoms with Gasteiger partial charge in [-0.3, -0.25) is 0 Å². The van der Waals surface area contributed by atoms with Crippen molar-refractivity contribution in [3.05, 3.63) is 58.4 Å². The van der Waals surface area contributed by atoms with E-state index in [2.05, 4.69) is 5.32 Å². The van der Waals surface area contributed by atoms with Gasteiger partial charge >= 0.3 is 12.1 Å². The van der Waals surface area contributed by atoms with Crippen molar-refractivity contribution in [2.24, 2.45) is 0 Å². The van der Waals surface area contributed by atoms with Gasteiger partial charge in [0.25, 0.3) is 0 Å². The fourth-order valence-electron chi connectivity index (χ4n) is 3.06. The third kappa shape index (κ3) is 7.80. The van der Waals surface area contributed by atoms with Crippen LogP contribution >= 0.6 is 11.6 Å². The molecule has 2 rings (SSSR count). The van der Waals surface area contributed by atoms with E-state index in [4.69, 9.17) is 30.5 Å². The summed E-state index contributed by atoms with van der Waals surface area (Å²) in [7, 11) is 1.40. The number of carbonyl (C=O) groups excluding carboxylic acids is 2. The van der Waals surface area contributed by atoms with E-state index in [1.165, 1.54) is 32.2 Å². The molecule has 3 atom stereocenters. The van der Waals surface area contributed by atoms with Crippen LogP contribution in [0.4, 0.5) is 9.18 Å². The van der Waals surface area contributed by atoms with Crippen LogP contribution in [0.15, 0.2) is 36.4 Å². The largest absolute Gasteiger partial charge is 0.496 e. The normalized spacial score (nSPS) is 13.9. The van der Waals surface area contributed by atoms with Gasteiger partial charge in [-0.25, -0.2) is 14.0 Å². The lowest BCUT2D eigenvalue weighted by Crippen LogP contribution is -2.43. The second kappa shape index (κ2) is 11.4. The Morgan fingerprint density at radius 1 is 1.06 bits per heavy atom. The summed E-state index contributed by atoms with van der Waals surface area (Å²) in [6, 6.07) is 8.23. The third-order valence-electron chi connectivity index (χ3n) is 4.66. The molecule has 34 heavy (non-hydrogen) atoms. The zero-order valence-electron chi connectivity index (χ0n) is 20.4. The van der Waals surface area contributed by atoms with Gasteiger partial charge in [-0.05, 0) is 71.4 Å². The number of esters is 1. The summed E-state index contributed by atoms with van der Waals surface area (Å²) in [6.07, 6.45) is -2.51. The van der Waals surface area contributed by atoms with Gasteiger partial charge in [0.1, 0.15) is 35.1 Å². The van der Waals surface area contributed by atoms with E-state index in [1.807, 2.05) is 13.0 Å². The molecule has 2 aromatic rings. The summed E-state index contributed by atoms with van der Waals surface area (Å²) < 4.78 is 36.0. The number of benzene rings is 2. The van der Waals surface area contributed by atoms with Crippen LogP contribution in [-0.4, -0.2) is 36.9 Å². The Bertz CT molecular complexity index is 1020. The van der Waals surface area contributed by atoms with Gasteiger partial charge in [-0.1, -0.05) is 17.7 Å². The predicted octanol–water partition coefficient (Wildman–Crippen LogP) is 5.76. The summed E-state index contributed by atoms with van der Waals surface area (Å²) in [5.41, 5.74) is 0.676. The Hall–Kier alpha value is -3.00. The van der Waals surface area contributed by atoms with E-state index in [0.29, 0.717) is 16.3 Å². The highest BCUT2D eigenvalue weighted by Crippen LogP contribution is 2.36. The first-order valence-corrected chi connectivity index (χ1v) is 11.1. The van der Waals surface area contributed by atoms with Crippen LogP contribution in [0.3, 0.4) is 0 Å². The van der Waals surface area contributed by atoms with Gasteiger partial charge in [0.2, 0.25) is 0 Å². The highest BCUT2D eigenvalue weighted by molar-refractivity contribution is 6.32. The van der Waals surface area contributed by atoms with Crippen molar-refractivity contribution in [3.8, 4) is 11.5 Å². The first-order chi connectivity index (χ1) is 15.8. The van der Waals surface area contributed by atoms with E-state index >= 15 is 0 Å². The number of ether oxygens (including phenoxy) is 4. The quantitative estimate of drug-likeness (QED) is 0.469. The SMILES string of the molecule is COc1cc(F)ccc1[C@@H](Oc1ccc(C)cc1Cl)[C@H](C)OC(=O)[C@H](C)NC(=O)OC(C)(C)C. The van der Waals surface area contributed by atoms with Gasteiger partial charge in [0.05, 0.1) is 12.1 Å². The molecule has 0 fully saturated rings. The minimum absolute atomic E-state index is 0.219. The van der Waals surface area contributed by atoms with Gasteiger partial charge in [0.15, 0.2) is 6.10 Å². The average Bonchev–Trinajstić information content (AvgIpc) is 2.71. The molecule has 0 bridgehead atoms. The van der Waals surface area contributed by atoms with Crippen LogP contribution in [-0.2, 0) is 14.3 Å². The van der Waals surface area contributed by atoms with Gasteiger partial charge in [0, 0.05) is 11.6 Å². The summed E-state index contributed by atoms with van der Waals surface area (Å²) in [4.78, 5) is 24.7. The molecule has 9 heteroatoms. The summed E-state index contributed by atoms with van der Waals surface area (Å²) >= 11 is 6.35. The minimum atomic E-state index is -0.990. The van der Waals surface area contributed by atoms with Crippen LogP contribution in [0.2, 0.25) is 5.02 Å². The molecule has 0 aromatic heterocycles. The zero-order valence-corrected chi connectivity index (χ0v) is 21.2. The van der Waals surface area contributed by atoms with Crippen molar-refractivity contribution in [2.75, 3.05) is 7.11 Å². The molecule has 7 nitrogen and oxygen atoms in total. The van der Waals surface area contributed by atoms with Crippen molar-refractivity contribution in [1.82, 2.24) is 5.32 Å². The topological polar surface area (TPSA) is 83.1 Å². The Kier molecular flexibility index (Phi) is 9.15. The van der Waals surface area contributed by atoms with Gasteiger partial charge in [-0.15, -0.1) is 0 Å². The molecule has 0 aliphatic heterocycles. The Balaban J connectivity index is 2.28. The number of halogens is 2. The molecule has 2 aromatic carbocycles. The molecule has 0 saturated heterocycles. The average molecular weight is 496 g/mol. The summed E-state index contributed by atoms with van der Waals surface area (Å²) in [6.45, 7) is 10.1. The summed E-state index contributed by atoms with van der Waals surface area (Å²) in [5, 5.41) is 2.81. The number of amides is 1.